The molecule has 12 heteroatoms. The number of halogens is 5. The van der Waals surface area contributed by atoms with Crippen molar-refractivity contribution in [1.82, 2.24) is 14.3 Å². The van der Waals surface area contributed by atoms with Crippen LogP contribution in [-0.4, -0.2) is 34.0 Å². The van der Waals surface area contributed by atoms with Crippen LogP contribution < -0.4 is 21.1 Å². The van der Waals surface area contributed by atoms with Gasteiger partial charge in [0.2, 0.25) is 5.95 Å². The maximum absolute atomic E-state index is 14.9. The summed E-state index contributed by atoms with van der Waals surface area (Å²) in [6.45, 7) is 6.58. The van der Waals surface area contributed by atoms with Gasteiger partial charge < -0.3 is 15.5 Å². The number of hydrogen-bond donors (Lipinski definition) is 2. The molecular formula is C29H35F5N6O. The zero-order valence-corrected chi connectivity index (χ0v) is 23.7. The summed E-state index contributed by atoms with van der Waals surface area (Å²) >= 11 is 0. The van der Waals surface area contributed by atoms with Crippen LogP contribution in [0.3, 0.4) is 0 Å². The minimum atomic E-state index is -2.91. The largest absolute Gasteiger partial charge is 0.380 e. The fourth-order valence-electron chi connectivity index (χ4n) is 4.39. The number of alkyl halides is 2. The molecule has 7 nitrogen and oxygen atoms in total. The van der Waals surface area contributed by atoms with Gasteiger partial charge in [-0.05, 0) is 69.2 Å². The van der Waals surface area contributed by atoms with E-state index < -0.39 is 41.2 Å². The summed E-state index contributed by atoms with van der Waals surface area (Å²) in [5.74, 6) is -1.41. The van der Waals surface area contributed by atoms with Crippen LogP contribution in [0.5, 0.6) is 0 Å². The molecule has 2 N–H and O–H groups in total. The van der Waals surface area contributed by atoms with Crippen LogP contribution in [0.25, 0.3) is 0 Å². The third-order valence-corrected chi connectivity index (χ3v) is 6.68. The molecule has 0 fully saturated rings. The van der Waals surface area contributed by atoms with Crippen molar-refractivity contribution in [2.24, 2.45) is 14.1 Å². The van der Waals surface area contributed by atoms with Gasteiger partial charge in [-0.3, -0.25) is 9.36 Å². The van der Waals surface area contributed by atoms with Crippen LogP contribution in [0.1, 0.15) is 49.4 Å². The molecule has 2 heterocycles. The summed E-state index contributed by atoms with van der Waals surface area (Å²) < 4.78 is 72.1. The molecule has 0 aliphatic rings. The quantitative estimate of drug-likeness (QED) is 0.203. The highest BCUT2D eigenvalue weighted by Gasteiger charge is 2.17. The monoisotopic (exact) mass is 578 g/mol. The van der Waals surface area contributed by atoms with Crippen molar-refractivity contribution in [1.29, 1.82) is 0 Å². The van der Waals surface area contributed by atoms with E-state index in [0.717, 1.165) is 22.9 Å². The lowest BCUT2D eigenvalue weighted by Crippen LogP contribution is -2.31. The smallest absolute Gasteiger partial charge is 0.265 e. The predicted octanol–water partition coefficient (Wildman–Crippen LogP) is 6.41. The predicted molar refractivity (Wildman–Crippen MR) is 152 cm³/mol. The summed E-state index contributed by atoms with van der Waals surface area (Å²) in [7, 11) is 3.09. The van der Waals surface area contributed by atoms with Gasteiger partial charge in [0.1, 0.15) is 23.1 Å². The minimum Gasteiger partial charge on any atom is -0.380 e. The lowest BCUT2D eigenvalue weighted by Gasteiger charge is -2.25. The van der Waals surface area contributed by atoms with Crippen molar-refractivity contribution in [2.45, 2.75) is 39.7 Å². The Morgan fingerprint density at radius 2 is 1.73 bits per heavy atom. The summed E-state index contributed by atoms with van der Waals surface area (Å²) in [4.78, 5) is 15.0. The second-order valence-electron chi connectivity index (χ2n) is 9.64. The van der Waals surface area contributed by atoms with Gasteiger partial charge >= 0.3 is 0 Å². The second-order valence-corrected chi connectivity index (χ2v) is 9.64. The molecule has 0 saturated heterocycles. The van der Waals surface area contributed by atoms with E-state index in [-0.39, 0.29) is 11.3 Å². The van der Waals surface area contributed by atoms with Crippen LogP contribution in [0.2, 0.25) is 0 Å². The number of nitrogens with zero attached hydrogens (tertiary/aromatic N) is 4. The normalized spacial score (nSPS) is 11.8. The van der Waals surface area contributed by atoms with Gasteiger partial charge in [0, 0.05) is 56.6 Å². The standard InChI is InChI=1S/C29H35F5N6O/c1-6-40(13-7-12-35-25-17-36-39(5)28(25)34)26-11-8-20(15-22(31)14-18(2)29(41)38(26)4)19(3)37-24-10-9-21(30)16-23(24)27(32)33/h8-11,14-17,19,27,35,37H,6-7,12-13H2,1-5H3/t19-/m1/s1. The van der Waals surface area contributed by atoms with E-state index in [1.165, 1.54) is 36.9 Å². The first-order chi connectivity index (χ1) is 19.4. The van der Waals surface area contributed by atoms with Gasteiger partial charge in [-0.2, -0.15) is 9.49 Å². The lowest BCUT2D eigenvalue weighted by molar-refractivity contribution is 0.151. The summed E-state index contributed by atoms with van der Waals surface area (Å²) in [5.41, 5.74) is -0.0173. The highest BCUT2D eigenvalue weighted by Crippen LogP contribution is 2.30. The van der Waals surface area contributed by atoms with Gasteiger partial charge in [-0.25, -0.2) is 22.2 Å². The SMILES string of the molecule is CCN(CCCNc1cnn(C)c1F)c1ccc([C@@H](C)Nc2ccc(F)cc2C(F)F)cc(F)cc(C)c(=O)n1C. The molecule has 0 saturated carbocycles. The Bertz CT molecular complexity index is 1470. The Labute approximate surface area is 235 Å². The van der Waals surface area contributed by atoms with Crippen molar-refractivity contribution >= 4 is 17.2 Å². The molecule has 2 aromatic heterocycles. The van der Waals surface area contributed by atoms with Crippen molar-refractivity contribution in [2.75, 3.05) is 35.2 Å². The fourth-order valence-corrected chi connectivity index (χ4v) is 4.39. The zero-order valence-electron chi connectivity index (χ0n) is 23.7. The Balaban J connectivity index is 1.96. The van der Waals surface area contributed by atoms with Gasteiger partial charge in [-0.15, -0.1) is 0 Å². The molecule has 0 bridgehead atoms. The molecule has 0 radical (unpaired) electrons. The highest BCUT2D eigenvalue weighted by molar-refractivity contribution is 5.53. The van der Waals surface area contributed by atoms with Crippen molar-refractivity contribution in [3.8, 4) is 0 Å². The number of rotatable bonds is 11. The second kappa shape index (κ2) is 14.0. The Morgan fingerprint density at radius 3 is 2.37 bits per heavy atom. The van der Waals surface area contributed by atoms with E-state index in [4.69, 9.17) is 0 Å². The molecule has 41 heavy (non-hydrogen) atoms. The van der Waals surface area contributed by atoms with E-state index in [0.29, 0.717) is 43.1 Å². The van der Waals surface area contributed by atoms with Crippen molar-refractivity contribution in [3.63, 3.8) is 0 Å². The van der Waals surface area contributed by atoms with E-state index in [1.54, 1.807) is 26.1 Å². The van der Waals surface area contributed by atoms with Gasteiger partial charge in [0.25, 0.3) is 12.0 Å². The number of aromatic nitrogens is 3. The maximum Gasteiger partial charge on any atom is 0.265 e. The van der Waals surface area contributed by atoms with E-state index in [2.05, 4.69) is 15.7 Å². The van der Waals surface area contributed by atoms with Crippen molar-refractivity contribution in [3.05, 3.63) is 93.3 Å². The molecule has 0 spiro atoms. The summed E-state index contributed by atoms with van der Waals surface area (Å²) in [5, 5.41) is 9.80. The number of benzene rings is 1. The number of hydrogen-bond acceptors (Lipinski definition) is 5. The maximum atomic E-state index is 14.9. The molecular weight excluding hydrogens is 543 g/mol. The van der Waals surface area contributed by atoms with E-state index in [9.17, 15) is 26.7 Å². The van der Waals surface area contributed by atoms with Crippen molar-refractivity contribution < 1.29 is 22.0 Å². The third-order valence-electron chi connectivity index (χ3n) is 6.68. The van der Waals surface area contributed by atoms with E-state index in [1.807, 2.05) is 11.8 Å². The van der Waals surface area contributed by atoms with E-state index >= 15 is 0 Å². The highest BCUT2D eigenvalue weighted by atomic mass is 19.3. The van der Waals surface area contributed by atoms with Crippen LogP contribution in [-0.2, 0) is 14.1 Å². The Morgan fingerprint density at radius 1 is 1.00 bits per heavy atom. The molecule has 0 unspecified atom stereocenters. The number of aryl methyl sites for hydroxylation is 2. The molecule has 0 amide bonds. The average molecular weight is 579 g/mol. The Kier molecular flexibility index (Phi) is 10.7. The van der Waals surface area contributed by atoms with Crippen LogP contribution >= 0.6 is 0 Å². The third kappa shape index (κ3) is 7.99. The van der Waals surface area contributed by atoms with Crippen LogP contribution in [0.15, 0.2) is 53.5 Å². The van der Waals surface area contributed by atoms with Crippen LogP contribution in [0.4, 0.5) is 39.1 Å². The molecule has 222 valence electrons. The minimum absolute atomic E-state index is 0.0247. The summed E-state index contributed by atoms with van der Waals surface area (Å²) in [6.07, 6.45) is -0.909. The summed E-state index contributed by atoms with van der Waals surface area (Å²) in [6, 6.07) is 8.02. The van der Waals surface area contributed by atoms with Crippen LogP contribution in [0, 0.1) is 24.5 Å². The molecule has 1 aromatic carbocycles. The van der Waals surface area contributed by atoms with Gasteiger partial charge in [0.05, 0.1) is 6.20 Å². The molecule has 0 aliphatic heterocycles. The average Bonchev–Trinajstić information content (AvgIpc) is 3.25. The lowest BCUT2D eigenvalue weighted by atomic mass is 10.1. The molecule has 0 aliphatic carbocycles. The zero-order chi connectivity index (χ0) is 30.3. The topological polar surface area (TPSA) is 67.1 Å². The first-order valence-electron chi connectivity index (χ1n) is 13.2. The van der Waals surface area contributed by atoms with Gasteiger partial charge in [-0.1, -0.05) is 6.07 Å². The molecule has 1 atom stereocenters. The molecule has 3 rings (SSSR count). The Hall–Kier alpha value is -4.09. The number of nitrogens with one attached hydrogen (secondary N) is 2. The number of anilines is 3. The molecule has 3 aromatic rings. The fraction of sp³-hybridized carbons (Fsp3) is 0.379. The first-order valence-corrected chi connectivity index (χ1v) is 13.2. The van der Waals surface area contributed by atoms with Gasteiger partial charge in [0.15, 0.2) is 0 Å². The first kappa shape index (κ1) is 31.4.